The maximum absolute atomic E-state index is 12.1. The summed E-state index contributed by atoms with van der Waals surface area (Å²) in [5, 5.41) is 14.4. The minimum atomic E-state index is -0.388. The van der Waals surface area contributed by atoms with Gasteiger partial charge in [-0.05, 0) is 31.0 Å². The van der Waals surface area contributed by atoms with Crippen LogP contribution in [-0.2, 0) is 11.2 Å². The second kappa shape index (κ2) is 5.01. The molecule has 2 rings (SSSR count). The zero-order chi connectivity index (χ0) is 13.1. The number of hydrogen-bond acceptors (Lipinski definition) is 3. The van der Waals surface area contributed by atoms with Crippen molar-refractivity contribution in [2.24, 2.45) is 11.0 Å². The predicted octanol–water partition coefficient (Wildman–Crippen LogP) is 2.50. The molecule has 0 saturated carbocycles. The summed E-state index contributed by atoms with van der Waals surface area (Å²) in [6.07, 6.45) is 1.16. The molecule has 1 aromatic carbocycles. The maximum atomic E-state index is 12.1. The van der Waals surface area contributed by atoms with E-state index in [0.29, 0.717) is 5.71 Å². The average molecular weight is 241 g/mol. The highest BCUT2D eigenvalue weighted by Crippen LogP contribution is 2.25. The lowest BCUT2D eigenvalue weighted by molar-refractivity contribution is -0.119. The van der Waals surface area contributed by atoms with Gasteiger partial charge in [-0.25, -0.2) is 5.01 Å². The Morgan fingerprint density at radius 2 is 2.06 bits per heavy atom. The van der Waals surface area contributed by atoms with Gasteiger partial charge in [0.1, 0.15) is 0 Å². The second-order valence-electron chi connectivity index (χ2n) is 4.33. The van der Waals surface area contributed by atoms with Crippen molar-refractivity contribution in [3.63, 3.8) is 0 Å². The van der Waals surface area contributed by atoms with E-state index in [4.69, 9.17) is 5.26 Å². The molecular weight excluding hydrogens is 226 g/mol. The van der Waals surface area contributed by atoms with E-state index in [-0.39, 0.29) is 18.2 Å². The van der Waals surface area contributed by atoms with Crippen molar-refractivity contribution in [2.75, 3.05) is 5.01 Å². The molecule has 1 atom stereocenters. The van der Waals surface area contributed by atoms with Crippen LogP contribution in [0, 0.1) is 17.2 Å². The summed E-state index contributed by atoms with van der Waals surface area (Å²) >= 11 is 0. The lowest BCUT2D eigenvalue weighted by Gasteiger charge is -2.13. The Kier molecular flexibility index (Phi) is 3.42. The monoisotopic (exact) mass is 241 g/mol. The minimum absolute atomic E-state index is 0.113. The lowest BCUT2D eigenvalue weighted by Crippen LogP contribution is -2.26. The van der Waals surface area contributed by atoms with Gasteiger partial charge >= 0.3 is 0 Å². The van der Waals surface area contributed by atoms with Crippen LogP contribution in [0.4, 0.5) is 5.69 Å². The molecule has 0 fully saturated rings. The molecular formula is C14H15N3O. The molecule has 0 spiro atoms. The van der Waals surface area contributed by atoms with Crippen molar-refractivity contribution in [1.82, 2.24) is 0 Å². The summed E-state index contributed by atoms with van der Waals surface area (Å²) in [6.45, 7) is 3.88. The topological polar surface area (TPSA) is 56.5 Å². The van der Waals surface area contributed by atoms with E-state index in [1.165, 1.54) is 10.6 Å². The Labute approximate surface area is 107 Å². The van der Waals surface area contributed by atoms with Crippen LogP contribution in [-0.4, -0.2) is 11.6 Å². The molecule has 0 radical (unpaired) electrons. The fourth-order valence-electron chi connectivity index (χ4n) is 1.99. The molecule has 1 amide bonds. The molecule has 0 saturated heterocycles. The van der Waals surface area contributed by atoms with E-state index in [2.05, 4.69) is 12.0 Å². The van der Waals surface area contributed by atoms with Gasteiger partial charge in [0, 0.05) is 5.71 Å². The summed E-state index contributed by atoms with van der Waals surface area (Å²) < 4.78 is 0. The number of aryl methyl sites for hydroxylation is 1. The summed E-state index contributed by atoms with van der Waals surface area (Å²) in [7, 11) is 0. The fourth-order valence-corrected chi connectivity index (χ4v) is 1.99. The van der Waals surface area contributed by atoms with Gasteiger partial charge in [-0.1, -0.05) is 19.1 Å². The van der Waals surface area contributed by atoms with E-state index >= 15 is 0 Å². The summed E-state index contributed by atoms with van der Waals surface area (Å²) in [5.74, 6) is -0.501. The Hall–Kier alpha value is -2.15. The minimum Gasteiger partial charge on any atom is -0.272 e. The number of carbonyl (C=O) groups is 1. The number of amides is 1. The van der Waals surface area contributed by atoms with Gasteiger partial charge < -0.3 is 0 Å². The summed E-state index contributed by atoms with van der Waals surface area (Å²) in [6, 6.07) is 9.80. The number of hydrogen-bond donors (Lipinski definition) is 0. The molecule has 1 aliphatic rings. The van der Waals surface area contributed by atoms with Gasteiger partial charge in [-0.2, -0.15) is 10.4 Å². The van der Waals surface area contributed by atoms with E-state index in [0.717, 1.165) is 12.1 Å². The molecule has 1 aromatic rings. The van der Waals surface area contributed by atoms with Crippen molar-refractivity contribution in [2.45, 2.75) is 26.7 Å². The highest BCUT2D eigenvalue weighted by molar-refractivity contribution is 6.14. The van der Waals surface area contributed by atoms with Crippen LogP contribution >= 0.6 is 0 Å². The van der Waals surface area contributed by atoms with Crippen LogP contribution in [0.3, 0.4) is 0 Å². The first-order valence-corrected chi connectivity index (χ1v) is 6.02. The molecule has 1 aliphatic heterocycles. The predicted molar refractivity (Wildman–Crippen MR) is 70.1 cm³/mol. The maximum Gasteiger partial charge on any atom is 0.257 e. The Bertz CT molecular complexity index is 525. The second-order valence-corrected chi connectivity index (χ2v) is 4.33. The van der Waals surface area contributed by atoms with Gasteiger partial charge in [-0.15, -0.1) is 0 Å². The normalized spacial score (nSPS) is 18.7. The van der Waals surface area contributed by atoms with E-state index in [1.54, 1.807) is 6.92 Å². The number of hydrazone groups is 1. The van der Waals surface area contributed by atoms with Crippen molar-refractivity contribution in [1.29, 1.82) is 5.26 Å². The molecule has 4 nitrogen and oxygen atoms in total. The zero-order valence-corrected chi connectivity index (χ0v) is 10.6. The molecule has 1 unspecified atom stereocenters. The van der Waals surface area contributed by atoms with Crippen LogP contribution in [0.2, 0.25) is 0 Å². The number of nitrogens with zero attached hydrogens (tertiary/aromatic N) is 3. The third-order valence-corrected chi connectivity index (χ3v) is 3.15. The summed E-state index contributed by atoms with van der Waals surface area (Å²) in [5.41, 5.74) is 2.69. The van der Waals surface area contributed by atoms with Crippen molar-refractivity contribution in [3.05, 3.63) is 29.8 Å². The highest BCUT2D eigenvalue weighted by atomic mass is 16.2. The quantitative estimate of drug-likeness (QED) is 0.816. The van der Waals surface area contributed by atoms with Crippen LogP contribution < -0.4 is 5.01 Å². The molecule has 0 aromatic heterocycles. The molecule has 18 heavy (non-hydrogen) atoms. The molecule has 0 N–H and O–H groups in total. The van der Waals surface area contributed by atoms with Gasteiger partial charge in [-0.3, -0.25) is 4.79 Å². The van der Waals surface area contributed by atoms with Crippen LogP contribution in [0.15, 0.2) is 29.4 Å². The lowest BCUT2D eigenvalue weighted by atomic mass is 10.0. The van der Waals surface area contributed by atoms with Crippen LogP contribution in [0.5, 0.6) is 0 Å². The Morgan fingerprint density at radius 3 is 2.61 bits per heavy atom. The molecule has 1 heterocycles. The van der Waals surface area contributed by atoms with Crippen LogP contribution in [0.25, 0.3) is 0 Å². The third-order valence-electron chi connectivity index (χ3n) is 3.15. The van der Waals surface area contributed by atoms with E-state index < -0.39 is 0 Å². The van der Waals surface area contributed by atoms with Crippen molar-refractivity contribution < 1.29 is 4.79 Å². The summed E-state index contributed by atoms with van der Waals surface area (Å²) in [4.78, 5) is 12.1. The van der Waals surface area contributed by atoms with Crippen LogP contribution in [0.1, 0.15) is 25.8 Å². The Morgan fingerprint density at radius 1 is 1.39 bits per heavy atom. The number of benzene rings is 1. The van der Waals surface area contributed by atoms with Crippen molar-refractivity contribution in [3.8, 4) is 6.07 Å². The number of carbonyl (C=O) groups excluding carboxylic acids is 1. The SMILES string of the molecule is CCc1ccc(N2N=C(C)C(CC#N)C2=O)cc1. The number of nitriles is 1. The molecule has 0 bridgehead atoms. The highest BCUT2D eigenvalue weighted by Gasteiger charge is 2.33. The molecule has 4 heteroatoms. The first kappa shape index (κ1) is 12.3. The standard InChI is InChI=1S/C14H15N3O/c1-3-11-4-6-12(7-5-11)17-14(18)13(8-9-15)10(2)16-17/h4-7,13H,3,8H2,1-2H3. The fraction of sp³-hybridized carbons (Fsp3) is 0.357. The Balaban J connectivity index is 2.25. The van der Waals surface area contributed by atoms with Gasteiger partial charge in [0.25, 0.3) is 5.91 Å². The van der Waals surface area contributed by atoms with Gasteiger partial charge in [0.15, 0.2) is 0 Å². The third kappa shape index (κ3) is 2.12. The van der Waals surface area contributed by atoms with E-state index in [9.17, 15) is 4.79 Å². The first-order valence-electron chi connectivity index (χ1n) is 6.02. The van der Waals surface area contributed by atoms with Gasteiger partial charge in [0.05, 0.1) is 24.1 Å². The van der Waals surface area contributed by atoms with Gasteiger partial charge in [0.2, 0.25) is 0 Å². The smallest absolute Gasteiger partial charge is 0.257 e. The molecule has 0 aliphatic carbocycles. The van der Waals surface area contributed by atoms with E-state index in [1.807, 2.05) is 30.3 Å². The van der Waals surface area contributed by atoms with Crippen molar-refractivity contribution >= 4 is 17.3 Å². The zero-order valence-electron chi connectivity index (χ0n) is 10.6. The number of anilines is 1. The first-order chi connectivity index (χ1) is 8.67. The molecule has 92 valence electrons. The average Bonchev–Trinajstić information content (AvgIpc) is 2.67. The number of rotatable bonds is 3. The largest absolute Gasteiger partial charge is 0.272 e.